The van der Waals surface area contributed by atoms with E-state index >= 15 is 0 Å². The number of hydrogen-bond acceptors (Lipinski definition) is 3. The van der Waals surface area contributed by atoms with Gasteiger partial charge >= 0.3 is 0 Å². The Kier molecular flexibility index (Phi) is 3.34. The maximum atomic E-state index is 5.94. The minimum Gasteiger partial charge on any atom is -0.327 e. The molecule has 2 rings (SSSR count). The molecule has 82 valence electrons. The smallest absolute Gasteiger partial charge is 0.0544 e. The molecule has 15 heavy (non-hydrogen) atoms. The van der Waals surface area contributed by atoms with E-state index in [0.29, 0.717) is 6.04 Å². The van der Waals surface area contributed by atoms with Gasteiger partial charge in [0.1, 0.15) is 0 Å². The molecule has 2 heterocycles. The Hall–Kier alpha value is -0.930. The zero-order chi connectivity index (χ0) is 10.7. The molecule has 1 aromatic heterocycles. The fraction of sp³-hybridized carbons (Fsp3) is 0.583. The van der Waals surface area contributed by atoms with Gasteiger partial charge in [-0.15, -0.1) is 0 Å². The molecule has 0 unspecified atom stereocenters. The molecule has 0 aliphatic carbocycles. The summed E-state index contributed by atoms with van der Waals surface area (Å²) in [5, 5.41) is 0. The van der Waals surface area contributed by atoms with Crippen LogP contribution in [0, 0.1) is 6.92 Å². The fourth-order valence-corrected chi connectivity index (χ4v) is 2.06. The van der Waals surface area contributed by atoms with Gasteiger partial charge in [-0.2, -0.15) is 0 Å². The summed E-state index contributed by atoms with van der Waals surface area (Å²) < 4.78 is 0. The number of aryl methyl sites for hydroxylation is 1. The summed E-state index contributed by atoms with van der Waals surface area (Å²) >= 11 is 0. The summed E-state index contributed by atoms with van der Waals surface area (Å²) in [4.78, 5) is 6.81. The Labute approximate surface area is 91.3 Å². The summed E-state index contributed by atoms with van der Waals surface area (Å²) in [5.74, 6) is 0. The van der Waals surface area contributed by atoms with E-state index in [0.717, 1.165) is 31.7 Å². The van der Waals surface area contributed by atoms with E-state index in [-0.39, 0.29) is 0 Å². The van der Waals surface area contributed by atoms with Gasteiger partial charge in [0.05, 0.1) is 5.69 Å². The van der Waals surface area contributed by atoms with E-state index in [1.165, 1.54) is 12.0 Å². The third-order valence-electron chi connectivity index (χ3n) is 2.90. The van der Waals surface area contributed by atoms with E-state index < -0.39 is 0 Å². The van der Waals surface area contributed by atoms with Gasteiger partial charge in [0.2, 0.25) is 0 Å². The fourth-order valence-electron chi connectivity index (χ4n) is 2.06. The number of pyridine rings is 1. The first-order valence-electron chi connectivity index (χ1n) is 5.63. The quantitative estimate of drug-likeness (QED) is 0.791. The van der Waals surface area contributed by atoms with Crippen LogP contribution in [-0.2, 0) is 6.54 Å². The van der Waals surface area contributed by atoms with Crippen molar-refractivity contribution in [1.29, 1.82) is 0 Å². The van der Waals surface area contributed by atoms with Crippen LogP contribution in [0.4, 0.5) is 0 Å². The van der Waals surface area contributed by atoms with Crippen LogP contribution in [0.25, 0.3) is 0 Å². The summed E-state index contributed by atoms with van der Waals surface area (Å²) in [6, 6.07) is 4.57. The molecule has 0 spiro atoms. The molecule has 1 aliphatic rings. The lowest BCUT2D eigenvalue weighted by molar-refractivity contribution is 0.199. The van der Waals surface area contributed by atoms with E-state index in [4.69, 9.17) is 5.73 Å². The first-order valence-corrected chi connectivity index (χ1v) is 5.63. The molecule has 0 aromatic carbocycles. The molecule has 1 fully saturated rings. The van der Waals surface area contributed by atoms with Crippen molar-refractivity contribution in [2.75, 3.05) is 13.1 Å². The molecule has 3 heteroatoms. The van der Waals surface area contributed by atoms with Gasteiger partial charge in [-0.1, -0.05) is 6.07 Å². The second-order valence-corrected chi connectivity index (χ2v) is 4.46. The van der Waals surface area contributed by atoms with Gasteiger partial charge in [0, 0.05) is 25.3 Å². The molecule has 1 atom stereocenters. The van der Waals surface area contributed by atoms with Crippen LogP contribution < -0.4 is 5.73 Å². The molecule has 0 bridgehead atoms. The van der Waals surface area contributed by atoms with Crippen molar-refractivity contribution in [3.05, 3.63) is 29.6 Å². The number of nitrogens with two attached hydrogens (primary N) is 1. The highest BCUT2D eigenvalue weighted by Gasteiger charge is 2.16. The first kappa shape index (κ1) is 10.6. The van der Waals surface area contributed by atoms with Crippen molar-refractivity contribution >= 4 is 0 Å². The zero-order valence-corrected chi connectivity index (χ0v) is 9.32. The standard InChI is InChI=1S/C12H19N3/c1-10-4-5-12(14-7-10)9-15-6-2-3-11(13)8-15/h4-5,7,11H,2-3,6,8-9,13H2,1H3/t11-/m1/s1. The summed E-state index contributed by atoms with van der Waals surface area (Å²) in [7, 11) is 0. The maximum Gasteiger partial charge on any atom is 0.0544 e. The number of aromatic nitrogens is 1. The van der Waals surface area contributed by atoms with Crippen molar-refractivity contribution < 1.29 is 0 Å². The summed E-state index contributed by atoms with van der Waals surface area (Å²) in [5.41, 5.74) is 8.31. The third-order valence-corrected chi connectivity index (χ3v) is 2.90. The van der Waals surface area contributed by atoms with E-state index in [1.807, 2.05) is 6.20 Å². The molecular weight excluding hydrogens is 186 g/mol. The maximum absolute atomic E-state index is 5.94. The van der Waals surface area contributed by atoms with Crippen molar-refractivity contribution in [3.8, 4) is 0 Å². The lowest BCUT2D eigenvalue weighted by Gasteiger charge is -2.30. The molecule has 1 saturated heterocycles. The van der Waals surface area contributed by atoms with Crippen LogP contribution in [0.15, 0.2) is 18.3 Å². The highest BCUT2D eigenvalue weighted by Crippen LogP contribution is 2.11. The molecule has 1 aromatic rings. The van der Waals surface area contributed by atoms with Crippen LogP contribution in [0.2, 0.25) is 0 Å². The average Bonchev–Trinajstić information content (AvgIpc) is 2.22. The number of piperidine rings is 1. The van der Waals surface area contributed by atoms with E-state index in [9.17, 15) is 0 Å². The van der Waals surface area contributed by atoms with E-state index in [1.54, 1.807) is 0 Å². The predicted octanol–water partition coefficient (Wildman–Crippen LogP) is 1.31. The number of rotatable bonds is 2. The lowest BCUT2D eigenvalue weighted by Crippen LogP contribution is -2.42. The van der Waals surface area contributed by atoms with Gasteiger partial charge in [-0.25, -0.2) is 0 Å². The number of nitrogens with zero attached hydrogens (tertiary/aromatic N) is 2. The van der Waals surface area contributed by atoms with Crippen LogP contribution >= 0.6 is 0 Å². The Bertz CT molecular complexity index is 307. The molecular formula is C12H19N3. The molecule has 0 radical (unpaired) electrons. The Morgan fingerprint density at radius 3 is 3.07 bits per heavy atom. The van der Waals surface area contributed by atoms with Crippen molar-refractivity contribution in [1.82, 2.24) is 9.88 Å². The van der Waals surface area contributed by atoms with Crippen LogP contribution in [-0.4, -0.2) is 29.0 Å². The van der Waals surface area contributed by atoms with Crippen molar-refractivity contribution in [3.63, 3.8) is 0 Å². The average molecular weight is 205 g/mol. The Morgan fingerprint density at radius 1 is 1.53 bits per heavy atom. The van der Waals surface area contributed by atoms with Crippen LogP contribution in [0.1, 0.15) is 24.1 Å². The highest BCUT2D eigenvalue weighted by atomic mass is 15.1. The monoisotopic (exact) mass is 205 g/mol. The van der Waals surface area contributed by atoms with E-state index in [2.05, 4.69) is 28.9 Å². The number of likely N-dealkylation sites (tertiary alicyclic amines) is 1. The van der Waals surface area contributed by atoms with Gasteiger partial charge < -0.3 is 5.73 Å². The SMILES string of the molecule is Cc1ccc(CN2CCC[C@@H](N)C2)nc1. The van der Waals surface area contributed by atoms with Crippen LogP contribution in [0.3, 0.4) is 0 Å². The number of hydrogen-bond donors (Lipinski definition) is 1. The Morgan fingerprint density at radius 2 is 2.40 bits per heavy atom. The van der Waals surface area contributed by atoms with Gasteiger partial charge in [0.15, 0.2) is 0 Å². The molecule has 1 aliphatic heterocycles. The molecule has 2 N–H and O–H groups in total. The molecule has 0 amide bonds. The van der Waals surface area contributed by atoms with Crippen LogP contribution in [0.5, 0.6) is 0 Å². The summed E-state index contributed by atoms with van der Waals surface area (Å²) in [6.07, 6.45) is 4.31. The zero-order valence-electron chi connectivity index (χ0n) is 9.32. The predicted molar refractivity (Wildman–Crippen MR) is 61.5 cm³/mol. The molecule has 3 nitrogen and oxygen atoms in total. The minimum absolute atomic E-state index is 0.351. The second-order valence-electron chi connectivity index (χ2n) is 4.46. The van der Waals surface area contributed by atoms with Gasteiger partial charge in [-0.3, -0.25) is 9.88 Å². The first-order chi connectivity index (χ1) is 7.24. The second kappa shape index (κ2) is 4.73. The largest absolute Gasteiger partial charge is 0.327 e. The minimum atomic E-state index is 0.351. The molecule has 0 saturated carbocycles. The normalized spacial score (nSPS) is 22.9. The Balaban J connectivity index is 1.93. The highest BCUT2D eigenvalue weighted by molar-refractivity contribution is 5.12. The van der Waals surface area contributed by atoms with Crippen molar-refractivity contribution in [2.24, 2.45) is 5.73 Å². The van der Waals surface area contributed by atoms with Crippen molar-refractivity contribution in [2.45, 2.75) is 32.4 Å². The van der Waals surface area contributed by atoms with Gasteiger partial charge in [-0.05, 0) is 37.9 Å². The lowest BCUT2D eigenvalue weighted by atomic mass is 10.1. The third kappa shape index (κ3) is 3.01. The summed E-state index contributed by atoms with van der Waals surface area (Å²) in [6.45, 7) is 5.17. The van der Waals surface area contributed by atoms with Gasteiger partial charge in [0.25, 0.3) is 0 Å². The topological polar surface area (TPSA) is 42.1 Å².